The smallest absolute Gasteiger partial charge is 0.123 e. The molecule has 0 saturated heterocycles. The van der Waals surface area contributed by atoms with Gasteiger partial charge in [-0.05, 0) is 36.6 Å². The summed E-state index contributed by atoms with van der Waals surface area (Å²) in [6.45, 7) is 0.888. The van der Waals surface area contributed by atoms with Crippen LogP contribution in [0, 0.1) is 5.82 Å². The summed E-state index contributed by atoms with van der Waals surface area (Å²) < 4.78 is 12.7. The largest absolute Gasteiger partial charge is 0.285 e. The summed E-state index contributed by atoms with van der Waals surface area (Å²) in [7, 11) is 0. The minimum absolute atomic E-state index is 0.152. The van der Waals surface area contributed by atoms with Crippen LogP contribution in [0.15, 0.2) is 18.2 Å². The van der Waals surface area contributed by atoms with Gasteiger partial charge in [-0.3, -0.25) is 5.32 Å². The Labute approximate surface area is 65.2 Å². The molecule has 0 aliphatic carbocycles. The Morgan fingerprint density at radius 1 is 1.36 bits per heavy atom. The van der Waals surface area contributed by atoms with E-state index in [0.29, 0.717) is 0 Å². The first-order valence-electron chi connectivity index (χ1n) is 3.82. The molecule has 2 rings (SSSR count). The molecule has 1 aromatic rings. The quantitative estimate of drug-likeness (QED) is 0.537. The summed E-state index contributed by atoms with van der Waals surface area (Å²) in [5.41, 5.74) is 2.02. The van der Waals surface area contributed by atoms with Crippen molar-refractivity contribution in [1.29, 1.82) is 0 Å². The van der Waals surface area contributed by atoms with Crippen molar-refractivity contribution in [3.63, 3.8) is 0 Å². The van der Waals surface area contributed by atoms with Crippen LogP contribution in [0.3, 0.4) is 0 Å². The van der Waals surface area contributed by atoms with Gasteiger partial charge in [0.15, 0.2) is 0 Å². The highest BCUT2D eigenvalue weighted by atomic mass is 19.1. The maximum Gasteiger partial charge on any atom is 0.123 e. The molecule has 0 spiro atoms. The van der Waals surface area contributed by atoms with Gasteiger partial charge in [0.1, 0.15) is 5.82 Å². The van der Waals surface area contributed by atoms with Crippen molar-refractivity contribution < 1.29 is 4.39 Å². The van der Waals surface area contributed by atoms with Crippen LogP contribution < -0.4 is 5.32 Å². The van der Waals surface area contributed by atoms with Gasteiger partial charge in [0, 0.05) is 6.54 Å². The van der Waals surface area contributed by atoms with E-state index in [-0.39, 0.29) is 5.82 Å². The molecule has 0 saturated carbocycles. The van der Waals surface area contributed by atoms with Crippen LogP contribution in [0.2, 0.25) is 0 Å². The van der Waals surface area contributed by atoms with Gasteiger partial charge in [0.2, 0.25) is 0 Å². The second-order valence-electron chi connectivity index (χ2n) is 2.76. The van der Waals surface area contributed by atoms with Gasteiger partial charge in [0.05, 0.1) is 5.69 Å². The first-order valence-corrected chi connectivity index (χ1v) is 3.82. The van der Waals surface area contributed by atoms with Crippen LogP contribution in [0.25, 0.3) is 0 Å². The van der Waals surface area contributed by atoms with E-state index >= 15 is 0 Å². The summed E-state index contributed by atoms with van der Waals surface area (Å²) in [6.07, 6.45) is 2.02. The molecule has 1 nitrogen and oxygen atoms in total. The predicted molar refractivity (Wildman–Crippen MR) is 41.4 cm³/mol. The van der Waals surface area contributed by atoms with E-state index < -0.39 is 0 Å². The molecule has 1 aliphatic rings. The van der Waals surface area contributed by atoms with E-state index in [4.69, 9.17) is 0 Å². The normalized spacial score (nSPS) is 15.4. The lowest BCUT2D eigenvalue weighted by molar-refractivity contribution is 0.618. The molecule has 0 bridgehead atoms. The fourth-order valence-electron chi connectivity index (χ4n) is 1.38. The number of hydrogen-bond donors (Lipinski definition) is 0. The molecule has 1 aromatic carbocycles. The van der Waals surface area contributed by atoms with E-state index in [0.717, 1.165) is 30.6 Å². The van der Waals surface area contributed by atoms with E-state index in [1.165, 1.54) is 6.07 Å². The number of benzene rings is 1. The zero-order valence-corrected chi connectivity index (χ0v) is 6.18. The van der Waals surface area contributed by atoms with E-state index in [1.54, 1.807) is 12.1 Å². The highest BCUT2D eigenvalue weighted by Crippen LogP contribution is 2.22. The topological polar surface area (TPSA) is 14.1 Å². The van der Waals surface area contributed by atoms with Crippen LogP contribution in [-0.2, 0) is 6.42 Å². The van der Waals surface area contributed by atoms with Gasteiger partial charge in [-0.1, -0.05) is 0 Å². The third kappa shape index (κ3) is 1.20. The summed E-state index contributed by atoms with van der Waals surface area (Å²) in [6, 6.07) is 4.80. The number of nitrogens with zero attached hydrogens (tertiary/aromatic N) is 1. The lowest BCUT2D eigenvalue weighted by Crippen LogP contribution is -2.10. The van der Waals surface area contributed by atoms with Gasteiger partial charge in [-0.25, -0.2) is 4.39 Å². The number of fused-ring (bicyclic) bond motifs is 1. The van der Waals surface area contributed by atoms with Crippen molar-refractivity contribution in [3.8, 4) is 0 Å². The number of rotatable bonds is 0. The number of aryl methyl sites for hydroxylation is 1. The minimum atomic E-state index is -0.152. The highest BCUT2D eigenvalue weighted by Gasteiger charge is 2.09. The molecule has 0 amide bonds. The van der Waals surface area contributed by atoms with Gasteiger partial charge in [0.25, 0.3) is 0 Å². The van der Waals surface area contributed by atoms with Gasteiger partial charge in [-0.15, -0.1) is 0 Å². The summed E-state index contributed by atoms with van der Waals surface area (Å²) in [5, 5.41) is 4.27. The van der Waals surface area contributed by atoms with Gasteiger partial charge >= 0.3 is 0 Å². The molecule has 0 unspecified atom stereocenters. The average molecular weight is 150 g/mol. The molecule has 0 atom stereocenters. The van der Waals surface area contributed by atoms with Crippen LogP contribution in [0.1, 0.15) is 12.0 Å². The minimum Gasteiger partial charge on any atom is -0.285 e. The van der Waals surface area contributed by atoms with E-state index in [9.17, 15) is 4.39 Å². The Morgan fingerprint density at radius 2 is 2.27 bits per heavy atom. The second-order valence-corrected chi connectivity index (χ2v) is 2.76. The first kappa shape index (κ1) is 6.65. The molecule has 2 heteroatoms. The molecule has 0 N–H and O–H groups in total. The second kappa shape index (κ2) is 2.53. The maximum atomic E-state index is 12.7. The van der Waals surface area contributed by atoms with Gasteiger partial charge in [-0.2, -0.15) is 0 Å². The summed E-state index contributed by atoms with van der Waals surface area (Å²) in [4.78, 5) is 0. The van der Waals surface area contributed by atoms with E-state index in [2.05, 4.69) is 5.32 Å². The van der Waals surface area contributed by atoms with Crippen LogP contribution in [0.4, 0.5) is 10.1 Å². The predicted octanol–water partition coefficient (Wildman–Crippen LogP) is 2.01. The zero-order valence-electron chi connectivity index (χ0n) is 6.18. The molecule has 1 aliphatic heterocycles. The first-order chi connectivity index (χ1) is 5.36. The summed E-state index contributed by atoms with van der Waals surface area (Å²) in [5.74, 6) is -0.152. The van der Waals surface area contributed by atoms with Crippen LogP contribution in [0.5, 0.6) is 0 Å². The van der Waals surface area contributed by atoms with Gasteiger partial charge < -0.3 is 0 Å². The van der Waals surface area contributed by atoms with Crippen molar-refractivity contribution in [2.24, 2.45) is 0 Å². The fourth-order valence-corrected chi connectivity index (χ4v) is 1.38. The molecule has 11 heavy (non-hydrogen) atoms. The molecular weight excluding hydrogens is 141 g/mol. The summed E-state index contributed by atoms with van der Waals surface area (Å²) >= 11 is 0. The SMILES string of the molecule is Fc1ccc2c(c1)CCC[N]2. The lowest BCUT2D eigenvalue weighted by atomic mass is 10.0. The molecule has 0 aromatic heterocycles. The standard InChI is InChI=1S/C9H9FN/c10-8-3-4-9-7(6-8)2-1-5-11-9/h3-4,6H,1-2,5H2. The molecular formula is C9H9FN. The maximum absolute atomic E-state index is 12.7. The van der Waals surface area contributed by atoms with Crippen LogP contribution >= 0.6 is 0 Å². The molecule has 57 valence electrons. The van der Waals surface area contributed by atoms with Crippen molar-refractivity contribution in [2.45, 2.75) is 12.8 Å². The van der Waals surface area contributed by atoms with Crippen LogP contribution in [-0.4, -0.2) is 6.54 Å². The third-order valence-corrected chi connectivity index (χ3v) is 1.93. The zero-order chi connectivity index (χ0) is 7.68. The highest BCUT2D eigenvalue weighted by molar-refractivity contribution is 5.46. The van der Waals surface area contributed by atoms with E-state index in [1.807, 2.05) is 0 Å². The Morgan fingerprint density at radius 3 is 3.18 bits per heavy atom. The molecule has 0 fully saturated rings. The third-order valence-electron chi connectivity index (χ3n) is 1.93. The Balaban J connectivity index is 2.43. The number of halogens is 1. The monoisotopic (exact) mass is 150 g/mol. The fraction of sp³-hybridized carbons (Fsp3) is 0.333. The Bertz CT molecular complexity index is 270. The average Bonchev–Trinajstić information content (AvgIpc) is 2.04. The van der Waals surface area contributed by atoms with Crippen molar-refractivity contribution >= 4 is 5.69 Å². The molecule has 1 radical (unpaired) electrons. The van der Waals surface area contributed by atoms with Crippen molar-refractivity contribution in [2.75, 3.05) is 6.54 Å². The Hall–Kier alpha value is -1.05. The number of hydrogen-bond acceptors (Lipinski definition) is 0. The van der Waals surface area contributed by atoms with Crippen molar-refractivity contribution in [3.05, 3.63) is 29.6 Å². The van der Waals surface area contributed by atoms with Crippen molar-refractivity contribution in [1.82, 2.24) is 5.32 Å². The Kier molecular flexibility index (Phi) is 1.53. The lowest BCUT2D eigenvalue weighted by Gasteiger charge is -2.14. The molecule has 1 heterocycles.